The van der Waals surface area contributed by atoms with Gasteiger partial charge in [0.05, 0.1) is 91.3 Å². The summed E-state index contributed by atoms with van der Waals surface area (Å²) in [5, 5.41) is 18.0. The zero-order valence-electron chi connectivity index (χ0n) is 28.0. The fourth-order valence-electron chi connectivity index (χ4n) is 4.75. The zero-order valence-corrected chi connectivity index (χ0v) is 28.0. The molecule has 1 aromatic rings. The minimum absolute atomic E-state index is 0.0220. The lowest BCUT2D eigenvalue weighted by Crippen LogP contribution is -2.35. The molecule has 2 rings (SSSR count). The van der Waals surface area contributed by atoms with Crippen molar-refractivity contribution in [1.82, 2.24) is 9.80 Å². The van der Waals surface area contributed by atoms with E-state index in [1.807, 2.05) is 0 Å². The number of hydrogen-bond acceptors (Lipinski definition) is 14. The van der Waals surface area contributed by atoms with E-state index < -0.39 is 23.9 Å². The third-order valence-electron chi connectivity index (χ3n) is 7.13. The summed E-state index contributed by atoms with van der Waals surface area (Å²) in [6.07, 6.45) is 3.44. The van der Waals surface area contributed by atoms with Crippen molar-refractivity contribution in [2.45, 2.75) is 25.7 Å². The van der Waals surface area contributed by atoms with E-state index in [9.17, 15) is 19.2 Å². The van der Waals surface area contributed by atoms with Crippen LogP contribution < -0.4 is 9.47 Å². The molecule has 0 radical (unpaired) electrons. The highest BCUT2D eigenvalue weighted by atomic mass is 16.6. The van der Waals surface area contributed by atoms with Crippen molar-refractivity contribution in [2.75, 3.05) is 120 Å². The minimum atomic E-state index is -1.04. The molecular weight excluding hydrogens is 636 g/mol. The van der Waals surface area contributed by atoms with Gasteiger partial charge < -0.3 is 48.1 Å². The molecule has 0 aromatic heterocycles. The molecule has 1 aliphatic heterocycles. The number of unbranched alkanes of at least 4 members (excludes halogenated alkanes) is 3. The van der Waals surface area contributed by atoms with E-state index in [1.54, 1.807) is 0 Å². The molecule has 0 saturated heterocycles. The lowest BCUT2D eigenvalue weighted by Gasteiger charge is -2.22. The Kier molecular flexibility index (Phi) is 20.8. The summed E-state index contributed by atoms with van der Waals surface area (Å²) in [6.45, 7) is 5.36. The van der Waals surface area contributed by atoms with Gasteiger partial charge in [0.2, 0.25) is 0 Å². The average molecular weight is 687 g/mol. The number of carboxylic acid groups (broad SMARTS) is 2. The molecule has 0 fully saturated rings. The summed E-state index contributed by atoms with van der Waals surface area (Å²) in [6, 6.07) is 2.76. The Hall–Kier alpha value is -3.54. The normalized spacial score (nSPS) is 16.4. The number of carbonyl (C=O) groups excluding carboxylic acids is 2. The van der Waals surface area contributed by atoms with E-state index in [2.05, 4.69) is 4.90 Å². The number of benzene rings is 1. The maximum atomic E-state index is 12.4. The van der Waals surface area contributed by atoms with Gasteiger partial charge in [0.1, 0.15) is 13.2 Å². The van der Waals surface area contributed by atoms with Gasteiger partial charge in [-0.3, -0.25) is 19.4 Å². The van der Waals surface area contributed by atoms with Crippen molar-refractivity contribution < 1.29 is 67.3 Å². The van der Waals surface area contributed by atoms with Crippen LogP contribution in [0.25, 0.3) is 0 Å². The smallest absolute Gasteiger partial charge is 0.338 e. The first-order valence-electron chi connectivity index (χ1n) is 16.0. The van der Waals surface area contributed by atoms with Crippen molar-refractivity contribution in [3.63, 3.8) is 0 Å². The van der Waals surface area contributed by atoms with Crippen LogP contribution in [0.15, 0.2) is 12.1 Å². The van der Waals surface area contributed by atoms with Crippen molar-refractivity contribution >= 4 is 23.9 Å². The van der Waals surface area contributed by atoms with Crippen molar-refractivity contribution in [1.29, 1.82) is 0 Å². The third-order valence-corrected chi connectivity index (χ3v) is 7.13. The lowest BCUT2D eigenvalue weighted by atomic mass is 10.1. The fraction of sp³-hybridized carbons (Fsp3) is 0.688. The van der Waals surface area contributed by atoms with Gasteiger partial charge in [-0.2, -0.15) is 0 Å². The standard InChI is InChI=1S/C32H50N2O14/c1-41-31(39)25-21-27-28(22-26(25)32(40)42-2)48-20-18-46-16-14-44-12-10-33(9-11-43-13-15-45-17-19-47-27)7-5-3-4-6-8-34(23-29(35)36)24-30(37)38/h21-22H,3-20,23-24H2,1-2H3,(H,35,36)(H,37,38). The summed E-state index contributed by atoms with van der Waals surface area (Å²) in [5.41, 5.74) is -0.0439. The predicted molar refractivity (Wildman–Crippen MR) is 170 cm³/mol. The second-order valence-corrected chi connectivity index (χ2v) is 10.7. The SMILES string of the molecule is COC(=O)c1cc2c(cc1C(=O)OC)OCCOCCOCCN(CCCCCCN(CC(=O)O)CC(=O)O)CCOCCOCCO2. The van der Waals surface area contributed by atoms with Gasteiger partial charge in [-0.15, -0.1) is 0 Å². The molecule has 16 heteroatoms. The van der Waals surface area contributed by atoms with Crippen molar-refractivity contribution in [3.8, 4) is 11.5 Å². The number of carboxylic acids is 2. The predicted octanol–water partition coefficient (Wildman–Crippen LogP) is 1.43. The first kappa shape index (κ1) is 40.6. The number of nitrogens with zero attached hydrogens (tertiary/aromatic N) is 2. The van der Waals surface area contributed by atoms with E-state index in [4.69, 9.17) is 48.1 Å². The number of rotatable bonds is 13. The van der Waals surface area contributed by atoms with E-state index in [0.717, 1.165) is 32.2 Å². The summed E-state index contributed by atoms with van der Waals surface area (Å²) in [4.78, 5) is 50.4. The maximum Gasteiger partial charge on any atom is 0.338 e. The lowest BCUT2D eigenvalue weighted by molar-refractivity contribution is -0.141. The van der Waals surface area contributed by atoms with E-state index >= 15 is 0 Å². The summed E-state index contributed by atoms with van der Waals surface area (Å²) >= 11 is 0. The van der Waals surface area contributed by atoms with Crippen LogP contribution in [0.3, 0.4) is 0 Å². The first-order valence-corrected chi connectivity index (χ1v) is 16.0. The summed E-state index contributed by atoms with van der Waals surface area (Å²) in [5.74, 6) is -3.07. The highest BCUT2D eigenvalue weighted by Crippen LogP contribution is 2.32. The highest BCUT2D eigenvalue weighted by Gasteiger charge is 2.23. The van der Waals surface area contributed by atoms with Gasteiger partial charge in [-0.25, -0.2) is 9.59 Å². The van der Waals surface area contributed by atoms with Gasteiger partial charge in [0.25, 0.3) is 0 Å². The van der Waals surface area contributed by atoms with Gasteiger partial charge >= 0.3 is 23.9 Å². The molecule has 272 valence electrons. The van der Waals surface area contributed by atoms with E-state index in [0.29, 0.717) is 59.3 Å². The summed E-state index contributed by atoms with van der Waals surface area (Å²) < 4.78 is 44.1. The zero-order chi connectivity index (χ0) is 35.0. The molecule has 0 saturated carbocycles. The maximum absolute atomic E-state index is 12.4. The van der Waals surface area contributed by atoms with Crippen molar-refractivity contribution in [2.24, 2.45) is 0 Å². The molecule has 0 spiro atoms. The van der Waals surface area contributed by atoms with Gasteiger partial charge in [-0.05, 0) is 38.1 Å². The number of carbonyl (C=O) groups is 4. The average Bonchev–Trinajstić information content (AvgIpc) is 3.06. The van der Waals surface area contributed by atoms with Crippen LogP contribution in [0.4, 0.5) is 0 Å². The van der Waals surface area contributed by atoms with Crippen LogP contribution >= 0.6 is 0 Å². The minimum Gasteiger partial charge on any atom is -0.487 e. The molecule has 0 aliphatic carbocycles. The van der Waals surface area contributed by atoms with Crippen LogP contribution in [0.5, 0.6) is 11.5 Å². The molecule has 1 heterocycles. The number of methoxy groups -OCH3 is 2. The molecular formula is C32H50N2O14. The van der Waals surface area contributed by atoms with E-state index in [1.165, 1.54) is 31.3 Å². The Morgan fingerprint density at radius 1 is 0.646 bits per heavy atom. The monoisotopic (exact) mass is 686 g/mol. The van der Waals surface area contributed by atoms with E-state index in [-0.39, 0.29) is 62.1 Å². The largest absolute Gasteiger partial charge is 0.487 e. The van der Waals surface area contributed by atoms with Crippen LogP contribution in [0.1, 0.15) is 46.4 Å². The second kappa shape index (κ2) is 24.6. The molecule has 1 aromatic carbocycles. The molecule has 48 heavy (non-hydrogen) atoms. The van der Waals surface area contributed by atoms with Crippen LogP contribution in [0, 0.1) is 0 Å². The highest BCUT2D eigenvalue weighted by molar-refractivity contribution is 6.04. The molecule has 16 nitrogen and oxygen atoms in total. The fourth-order valence-corrected chi connectivity index (χ4v) is 4.75. The van der Waals surface area contributed by atoms with Crippen LogP contribution in [-0.2, 0) is 38.0 Å². The Morgan fingerprint density at radius 2 is 1.06 bits per heavy atom. The Bertz CT molecular complexity index is 1040. The Balaban J connectivity index is 1.86. The topological polar surface area (TPSA) is 189 Å². The molecule has 0 amide bonds. The number of hydrogen-bond donors (Lipinski definition) is 2. The van der Waals surface area contributed by atoms with Gasteiger partial charge in [0, 0.05) is 13.1 Å². The molecule has 0 unspecified atom stereocenters. The molecule has 0 atom stereocenters. The Morgan fingerprint density at radius 3 is 1.50 bits per heavy atom. The second-order valence-electron chi connectivity index (χ2n) is 10.7. The van der Waals surface area contributed by atoms with Gasteiger partial charge in [-0.1, -0.05) is 12.8 Å². The van der Waals surface area contributed by atoms with Crippen LogP contribution in [0.2, 0.25) is 0 Å². The summed E-state index contributed by atoms with van der Waals surface area (Å²) in [7, 11) is 2.42. The van der Waals surface area contributed by atoms with Crippen LogP contribution in [-0.4, -0.2) is 163 Å². The molecule has 1 aliphatic rings. The number of ether oxygens (including phenoxy) is 8. The van der Waals surface area contributed by atoms with Crippen molar-refractivity contribution in [3.05, 3.63) is 23.3 Å². The van der Waals surface area contributed by atoms with Gasteiger partial charge in [0.15, 0.2) is 11.5 Å². The Labute approximate surface area is 281 Å². The third kappa shape index (κ3) is 17.0. The number of aliphatic carboxylic acids is 2. The first-order chi connectivity index (χ1) is 23.2. The number of fused-ring (bicyclic) bond motifs is 1. The molecule has 2 N–H and O–H groups in total. The number of esters is 2. The quantitative estimate of drug-likeness (QED) is 0.224. The molecule has 0 bridgehead atoms.